The highest BCUT2D eigenvalue weighted by molar-refractivity contribution is 5.72. The number of rotatable bonds is 10. The lowest BCUT2D eigenvalue weighted by Gasteiger charge is -2.24. The van der Waals surface area contributed by atoms with Crippen LogP contribution in [0, 0.1) is 5.82 Å². The molecule has 1 aromatic heterocycles. The van der Waals surface area contributed by atoms with Crippen molar-refractivity contribution in [3.05, 3.63) is 53.6 Å². The SMILES string of the molecule is CCc1cc(-c2ccc(F)cc2)c(O)cc1OCCCCCC(C)(C)c1nnn[n-]1. The number of ether oxygens (including phenoxy) is 1. The van der Waals surface area contributed by atoms with E-state index in [-0.39, 0.29) is 17.0 Å². The van der Waals surface area contributed by atoms with E-state index in [0.717, 1.165) is 43.2 Å². The first-order valence-corrected chi connectivity index (χ1v) is 10.3. The summed E-state index contributed by atoms with van der Waals surface area (Å²) in [6, 6.07) is 9.69. The zero-order valence-electron chi connectivity index (χ0n) is 17.7. The predicted molar refractivity (Wildman–Crippen MR) is 113 cm³/mol. The van der Waals surface area contributed by atoms with Crippen molar-refractivity contribution in [1.29, 1.82) is 0 Å². The van der Waals surface area contributed by atoms with Gasteiger partial charge in [0, 0.05) is 17.5 Å². The van der Waals surface area contributed by atoms with Crippen LogP contribution in [0.25, 0.3) is 11.1 Å². The van der Waals surface area contributed by atoms with Crippen molar-refractivity contribution in [3.8, 4) is 22.6 Å². The van der Waals surface area contributed by atoms with Gasteiger partial charge in [-0.3, -0.25) is 10.3 Å². The molecule has 0 spiro atoms. The van der Waals surface area contributed by atoms with Gasteiger partial charge in [-0.1, -0.05) is 45.7 Å². The predicted octanol–water partition coefficient (Wildman–Crippen LogP) is 4.82. The maximum Gasteiger partial charge on any atom is 0.127 e. The second-order valence-corrected chi connectivity index (χ2v) is 8.08. The van der Waals surface area contributed by atoms with Crippen LogP contribution in [0.5, 0.6) is 11.5 Å². The van der Waals surface area contributed by atoms with E-state index in [1.807, 2.05) is 13.0 Å². The van der Waals surface area contributed by atoms with E-state index in [1.165, 1.54) is 12.1 Å². The van der Waals surface area contributed by atoms with Crippen LogP contribution in [0.3, 0.4) is 0 Å². The molecule has 0 fully saturated rings. The molecule has 6 nitrogen and oxygen atoms in total. The number of aromatic hydroxyl groups is 1. The summed E-state index contributed by atoms with van der Waals surface area (Å²) in [6.07, 6.45) is 4.69. The molecule has 3 rings (SSSR count). The molecule has 1 N–H and O–H groups in total. The average Bonchev–Trinajstić information content (AvgIpc) is 3.27. The Kier molecular flexibility index (Phi) is 7.03. The van der Waals surface area contributed by atoms with Crippen molar-refractivity contribution in [3.63, 3.8) is 0 Å². The van der Waals surface area contributed by atoms with Crippen LogP contribution in [-0.4, -0.2) is 27.2 Å². The fourth-order valence-corrected chi connectivity index (χ4v) is 3.44. The molecule has 0 amide bonds. The number of aryl methyl sites for hydroxylation is 1. The van der Waals surface area contributed by atoms with Gasteiger partial charge in [0.15, 0.2) is 0 Å². The standard InChI is InChI=1S/C23H28FN4O2/c1-4-16-14-19(17-8-10-18(24)11-9-17)20(29)15-21(16)30-13-7-5-6-12-23(2,3)22-25-27-28-26-22/h8-11,14-15H,4-7,12-13H2,1-3H3,(H-,25,26,27,28,29)/q-1. The second-order valence-electron chi connectivity index (χ2n) is 8.08. The minimum Gasteiger partial charge on any atom is -0.507 e. The fraction of sp³-hybridized carbons (Fsp3) is 0.435. The van der Waals surface area contributed by atoms with Gasteiger partial charge in [-0.15, -0.1) is 0 Å². The first-order chi connectivity index (χ1) is 14.4. The molecule has 160 valence electrons. The van der Waals surface area contributed by atoms with Gasteiger partial charge in [0.1, 0.15) is 17.3 Å². The monoisotopic (exact) mass is 411 g/mol. The van der Waals surface area contributed by atoms with E-state index in [1.54, 1.807) is 18.2 Å². The maximum atomic E-state index is 13.2. The molecule has 0 atom stereocenters. The Bertz CT molecular complexity index is 941. The zero-order chi connectivity index (χ0) is 21.6. The number of unbranched alkanes of at least 4 members (excludes halogenated alkanes) is 2. The molecule has 0 aliphatic rings. The summed E-state index contributed by atoms with van der Waals surface area (Å²) < 4.78 is 19.1. The molecule has 0 aliphatic carbocycles. The van der Waals surface area contributed by atoms with E-state index >= 15 is 0 Å². The molecular weight excluding hydrogens is 383 g/mol. The van der Waals surface area contributed by atoms with Crippen molar-refractivity contribution in [2.45, 2.75) is 58.3 Å². The Labute approximate surface area is 176 Å². The highest BCUT2D eigenvalue weighted by atomic mass is 19.1. The largest absolute Gasteiger partial charge is 0.507 e. The smallest absolute Gasteiger partial charge is 0.127 e. The van der Waals surface area contributed by atoms with Gasteiger partial charge in [-0.2, -0.15) is 5.21 Å². The quantitative estimate of drug-likeness (QED) is 0.482. The Morgan fingerprint density at radius 2 is 1.87 bits per heavy atom. The molecule has 0 unspecified atom stereocenters. The number of hydrogen-bond acceptors (Lipinski definition) is 5. The summed E-state index contributed by atoms with van der Waals surface area (Å²) in [5.41, 5.74) is 2.33. The molecule has 1 heterocycles. The van der Waals surface area contributed by atoms with Gasteiger partial charge < -0.3 is 14.9 Å². The van der Waals surface area contributed by atoms with Gasteiger partial charge in [0.2, 0.25) is 0 Å². The normalized spacial score (nSPS) is 11.6. The van der Waals surface area contributed by atoms with E-state index in [9.17, 15) is 9.50 Å². The van der Waals surface area contributed by atoms with Crippen LogP contribution in [0.1, 0.15) is 57.8 Å². The topological polar surface area (TPSA) is 82.2 Å². The Morgan fingerprint density at radius 3 is 2.53 bits per heavy atom. The molecule has 7 heteroatoms. The number of aromatic nitrogens is 4. The summed E-state index contributed by atoms with van der Waals surface area (Å²) in [6.45, 7) is 6.83. The number of halogens is 1. The van der Waals surface area contributed by atoms with Crippen LogP contribution in [0.4, 0.5) is 4.39 Å². The molecule has 0 aliphatic heterocycles. The summed E-state index contributed by atoms with van der Waals surface area (Å²) in [5, 5.41) is 25.5. The number of hydrogen-bond donors (Lipinski definition) is 1. The third-order valence-electron chi connectivity index (χ3n) is 5.34. The van der Waals surface area contributed by atoms with Crippen molar-refractivity contribution in [2.75, 3.05) is 6.61 Å². The Morgan fingerprint density at radius 1 is 1.10 bits per heavy atom. The summed E-state index contributed by atoms with van der Waals surface area (Å²) >= 11 is 0. The minimum absolute atomic E-state index is 0.132. The van der Waals surface area contributed by atoms with Crippen LogP contribution in [0.15, 0.2) is 36.4 Å². The van der Waals surface area contributed by atoms with E-state index < -0.39 is 0 Å². The third-order valence-corrected chi connectivity index (χ3v) is 5.34. The molecule has 2 aromatic carbocycles. The number of benzene rings is 2. The third kappa shape index (κ3) is 5.34. The molecule has 30 heavy (non-hydrogen) atoms. The average molecular weight is 412 g/mol. The molecule has 3 aromatic rings. The van der Waals surface area contributed by atoms with Crippen LogP contribution >= 0.6 is 0 Å². The lowest BCUT2D eigenvalue weighted by Crippen LogP contribution is -2.20. The van der Waals surface area contributed by atoms with E-state index in [4.69, 9.17) is 4.74 Å². The van der Waals surface area contributed by atoms with Crippen molar-refractivity contribution >= 4 is 0 Å². The summed E-state index contributed by atoms with van der Waals surface area (Å²) in [4.78, 5) is 0. The first-order valence-electron chi connectivity index (χ1n) is 10.3. The van der Waals surface area contributed by atoms with Gasteiger partial charge in [0.05, 0.1) is 6.61 Å². The Hall–Kier alpha value is -2.96. The van der Waals surface area contributed by atoms with Crippen LogP contribution in [-0.2, 0) is 11.8 Å². The molecule has 0 radical (unpaired) electrons. The van der Waals surface area contributed by atoms with Gasteiger partial charge in [-0.25, -0.2) is 4.39 Å². The van der Waals surface area contributed by atoms with Crippen LogP contribution in [0.2, 0.25) is 0 Å². The van der Waals surface area contributed by atoms with Gasteiger partial charge in [0.25, 0.3) is 0 Å². The maximum absolute atomic E-state index is 13.2. The summed E-state index contributed by atoms with van der Waals surface area (Å²) in [7, 11) is 0. The Balaban J connectivity index is 1.53. The summed E-state index contributed by atoms with van der Waals surface area (Å²) in [5.74, 6) is 1.21. The lowest BCUT2D eigenvalue weighted by atomic mass is 9.86. The van der Waals surface area contributed by atoms with Crippen molar-refractivity contribution in [1.82, 2.24) is 20.6 Å². The molecule has 0 saturated carbocycles. The number of phenols is 1. The lowest BCUT2D eigenvalue weighted by molar-refractivity contribution is 0.296. The number of phenolic OH excluding ortho intramolecular Hbond substituents is 1. The first kappa shape index (κ1) is 21.7. The molecule has 0 bridgehead atoms. The minimum atomic E-state index is -0.298. The van der Waals surface area contributed by atoms with Crippen LogP contribution < -0.4 is 9.84 Å². The fourth-order valence-electron chi connectivity index (χ4n) is 3.44. The van der Waals surface area contributed by atoms with Crippen molar-refractivity contribution in [2.24, 2.45) is 0 Å². The van der Waals surface area contributed by atoms with Gasteiger partial charge >= 0.3 is 0 Å². The number of nitrogens with zero attached hydrogens (tertiary/aromatic N) is 4. The molecular formula is C23H28FN4O2-. The molecule has 0 saturated heterocycles. The highest BCUT2D eigenvalue weighted by Crippen LogP contribution is 2.36. The zero-order valence-corrected chi connectivity index (χ0v) is 17.7. The van der Waals surface area contributed by atoms with Crippen molar-refractivity contribution < 1.29 is 14.2 Å². The number of tetrazole rings is 1. The highest BCUT2D eigenvalue weighted by Gasteiger charge is 2.19. The van der Waals surface area contributed by atoms with E-state index in [2.05, 4.69) is 34.5 Å². The van der Waals surface area contributed by atoms with E-state index in [0.29, 0.717) is 23.7 Å². The van der Waals surface area contributed by atoms with Gasteiger partial charge in [-0.05, 0) is 54.0 Å². The second kappa shape index (κ2) is 9.69.